The van der Waals surface area contributed by atoms with E-state index in [0.29, 0.717) is 45.9 Å². The van der Waals surface area contributed by atoms with Gasteiger partial charge in [-0.05, 0) is 38.8 Å². The average Bonchev–Trinajstić information content (AvgIpc) is 3.05. The largest absolute Gasteiger partial charge is 0.384 e. The first-order valence-corrected chi connectivity index (χ1v) is 9.18. The molecule has 2 aromatic heterocycles. The second-order valence-electron chi connectivity index (χ2n) is 6.60. The summed E-state index contributed by atoms with van der Waals surface area (Å²) in [5.74, 6) is 0.901. The van der Waals surface area contributed by atoms with Gasteiger partial charge >= 0.3 is 0 Å². The number of hydrogen-bond donors (Lipinski definition) is 1. The number of aryl methyl sites for hydroxylation is 2. The van der Waals surface area contributed by atoms with Crippen LogP contribution < -0.4 is 5.32 Å². The van der Waals surface area contributed by atoms with E-state index in [1.54, 1.807) is 37.7 Å². The van der Waals surface area contributed by atoms with Crippen molar-refractivity contribution in [3.63, 3.8) is 0 Å². The fourth-order valence-electron chi connectivity index (χ4n) is 3.17. The Morgan fingerprint density at radius 2 is 2.04 bits per heavy atom. The third-order valence-corrected chi connectivity index (χ3v) is 4.98. The fourth-order valence-corrected chi connectivity index (χ4v) is 3.53. The molecule has 0 saturated carbocycles. The second kappa shape index (κ2) is 7.78. The molecule has 1 atom stereocenters. The zero-order valence-corrected chi connectivity index (χ0v) is 16.9. The Bertz CT molecular complexity index is 988. The molecular weight excluding hydrogens is 369 g/mol. The van der Waals surface area contributed by atoms with Gasteiger partial charge in [0.2, 0.25) is 5.95 Å². The second-order valence-corrected chi connectivity index (χ2v) is 7.01. The lowest BCUT2D eigenvalue weighted by molar-refractivity contribution is 0.178. The molecule has 0 fully saturated rings. The predicted molar refractivity (Wildman–Crippen MR) is 105 cm³/mol. The third kappa shape index (κ3) is 3.61. The molecule has 1 unspecified atom stereocenters. The molecular formula is C19H23ClFN5O. The van der Waals surface area contributed by atoms with Crippen molar-refractivity contribution >= 4 is 28.9 Å². The van der Waals surface area contributed by atoms with Gasteiger partial charge in [-0.1, -0.05) is 18.5 Å². The Hall–Kier alpha value is -2.25. The van der Waals surface area contributed by atoms with Crippen molar-refractivity contribution in [3.8, 4) is 0 Å². The van der Waals surface area contributed by atoms with E-state index in [2.05, 4.69) is 27.3 Å². The van der Waals surface area contributed by atoms with Crippen LogP contribution in [0.4, 0.5) is 16.0 Å². The van der Waals surface area contributed by atoms with Crippen molar-refractivity contribution in [1.82, 2.24) is 19.6 Å². The van der Waals surface area contributed by atoms with E-state index in [1.807, 2.05) is 6.92 Å². The molecule has 8 heteroatoms. The maximum Gasteiger partial charge on any atom is 0.232 e. The highest BCUT2D eigenvalue weighted by Crippen LogP contribution is 2.33. The summed E-state index contributed by atoms with van der Waals surface area (Å²) in [6.07, 6.45) is 2.68. The van der Waals surface area contributed by atoms with Crippen molar-refractivity contribution in [2.45, 2.75) is 40.0 Å². The highest BCUT2D eigenvalue weighted by molar-refractivity contribution is 6.33. The smallest absolute Gasteiger partial charge is 0.232 e. The van der Waals surface area contributed by atoms with Crippen LogP contribution in [0.5, 0.6) is 0 Å². The van der Waals surface area contributed by atoms with Crippen molar-refractivity contribution in [2.75, 3.05) is 19.0 Å². The zero-order valence-electron chi connectivity index (χ0n) is 16.1. The summed E-state index contributed by atoms with van der Waals surface area (Å²) in [6.45, 7) is 7.85. The summed E-state index contributed by atoms with van der Waals surface area (Å²) in [4.78, 5) is 8.99. The molecule has 0 spiro atoms. The average molecular weight is 392 g/mol. The fraction of sp³-hybridized carbons (Fsp3) is 0.421. The Morgan fingerprint density at radius 3 is 2.70 bits per heavy atom. The van der Waals surface area contributed by atoms with Crippen LogP contribution in [0.15, 0.2) is 12.3 Å². The Labute approximate surface area is 162 Å². The monoisotopic (exact) mass is 391 g/mol. The zero-order chi connectivity index (χ0) is 19.7. The SMILES string of the molecule is CCC(COC)c1cnn2c(Nc3c(Cl)cc(C)c(F)c3C)nc(C)nc12. The van der Waals surface area contributed by atoms with Gasteiger partial charge in [0.1, 0.15) is 11.6 Å². The van der Waals surface area contributed by atoms with Gasteiger partial charge in [-0.3, -0.25) is 0 Å². The molecule has 0 aliphatic carbocycles. The lowest BCUT2D eigenvalue weighted by atomic mass is 10.0. The standard InChI is InChI=1S/C19H23ClFN5O/c1-6-13(9-27-5)14-8-22-26-18(14)23-12(4)24-19(26)25-17-11(3)16(21)10(2)7-15(17)20/h7-8,13H,6,9H2,1-5H3,(H,23,24,25). The molecule has 2 heterocycles. The molecule has 0 radical (unpaired) electrons. The Morgan fingerprint density at radius 1 is 1.30 bits per heavy atom. The predicted octanol–water partition coefficient (Wildman–Crippen LogP) is 4.73. The van der Waals surface area contributed by atoms with Crippen LogP contribution in [0, 0.1) is 26.6 Å². The van der Waals surface area contributed by atoms with Crippen LogP contribution in [-0.4, -0.2) is 33.3 Å². The van der Waals surface area contributed by atoms with Crippen molar-refractivity contribution in [3.05, 3.63) is 45.6 Å². The van der Waals surface area contributed by atoms with Gasteiger partial charge < -0.3 is 10.1 Å². The number of anilines is 2. The number of rotatable bonds is 6. The summed E-state index contributed by atoms with van der Waals surface area (Å²) in [7, 11) is 1.68. The van der Waals surface area contributed by atoms with Crippen LogP contribution in [0.1, 0.15) is 41.8 Å². The van der Waals surface area contributed by atoms with Crippen LogP contribution in [0.2, 0.25) is 5.02 Å². The van der Waals surface area contributed by atoms with E-state index in [-0.39, 0.29) is 11.7 Å². The number of aromatic nitrogens is 4. The molecule has 0 bridgehead atoms. The summed E-state index contributed by atoms with van der Waals surface area (Å²) < 4.78 is 21.3. The van der Waals surface area contributed by atoms with E-state index in [1.165, 1.54) is 0 Å². The topological polar surface area (TPSA) is 64.3 Å². The summed E-state index contributed by atoms with van der Waals surface area (Å²) >= 11 is 6.35. The van der Waals surface area contributed by atoms with Gasteiger partial charge in [0.05, 0.1) is 23.5 Å². The highest BCUT2D eigenvalue weighted by Gasteiger charge is 2.20. The number of hydrogen-bond acceptors (Lipinski definition) is 5. The van der Waals surface area contributed by atoms with Crippen LogP contribution in [0.3, 0.4) is 0 Å². The van der Waals surface area contributed by atoms with E-state index in [0.717, 1.165) is 12.0 Å². The first kappa shape index (κ1) is 19.5. The maximum absolute atomic E-state index is 14.3. The number of methoxy groups -OCH3 is 1. The Balaban J connectivity index is 2.12. The molecule has 27 heavy (non-hydrogen) atoms. The third-order valence-electron chi connectivity index (χ3n) is 4.68. The number of nitrogens with zero attached hydrogens (tertiary/aromatic N) is 4. The number of halogens is 2. The number of fused-ring (bicyclic) bond motifs is 1. The van der Waals surface area contributed by atoms with Gasteiger partial charge in [-0.2, -0.15) is 14.6 Å². The van der Waals surface area contributed by atoms with Gasteiger partial charge in [-0.15, -0.1) is 0 Å². The lowest BCUT2D eigenvalue weighted by Gasteiger charge is -2.15. The normalized spacial score (nSPS) is 12.6. The van der Waals surface area contributed by atoms with Crippen LogP contribution in [-0.2, 0) is 4.74 Å². The quantitative estimate of drug-likeness (QED) is 0.658. The summed E-state index contributed by atoms with van der Waals surface area (Å²) in [5, 5.41) is 8.01. The first-order valence-electron chi connectivity index (χ1n) is 8.80. The van der Waals surface area contributed by atoms with Crippen molar-refractivity contribution in [1.29, 1.82) is 0 Å². The van der Waals surface area contributed by atoms with Gasteiger partial charge in [0.25, 0.3) is 0 Å². The number of benzene rings is 1. The molecule has 3 rings (SSSR count). The van der Waals surface area contributed by atoms with E-state index >= 15 is 0 Å². The molecule has 1 aromatic carbocycles. The number of nitrogens with one attached hydrogen (secondary N) is 1. The molecule has 0 saturated heterocycles. The lowest BCUT2D eigenvalue weighted by Crippen LogP contribution is -2.10. The molecule has 0 aliphatic heterocycles. The molecule has 144 valence electrons. The van der Waals surface area contributed by atoms with Gasteiger partial charge in [0.15, 0.2) is 5.65 Å². The van der Waals surface area contributed by atoms with E-state index in [9.17, 15) is 4.39 Å². The molecule has 1 N–H and O–H groups in total. The van der Waals surface area contributed by atoms with E-state index < -0.39 is 0 Å². The summed E-state index contributed by atoms with van der Waals surface area (Å²) in [5.41, 5.74) is 3.10. The van der Waals surface area contributed by atoms with E-state index in [4.69, 9.17) is 16.3 Å². The highest BCUT2D eigenvalue weighted by atomic mass is 35.5. The molecule has 0 aliphatic rings. The molecule has 0 amide bonds. The minimum Gasteiger partial charge on any atom is -0.384 e. The number of ether oxygens (including phenoxy) is 1. The summed E-state index contributed by atoms with van der Waals surface area (Å²) in [6, 6.07) is 1.59. The Kier molecular flexibility index (Phi) is 5.62. The van der Waals surface area contributed by atoms with Crippen LogP contribution in [0.25, 0.3) is 5.65 Å². The molecule has 3 aromatic rings. The maximum atomic E-state index is 14.3. The van der Waals surface area contributed by atoms with Crippen molar-refractivity contribution < 1.29 is 9.13 Å². The van der Waals surface area contributed by atoms with Gasteiger partial charge in [0, 0.05) is 24.2 Å². The van der Waals surface area contributed by atoms with Gasteiger partial charge in [-0.25, -0.2) is 9.37 Å². The minimum absolute atomic E-state index is 0.178. The van der Waals surface area contributed by atoms with Crippen LogP contribution >= 0.6 is 11.6 Å². The minimum atomic E-state index is -0.295. The first-order chi connectivity index (χ1) is 12.9. The van der Waals surface area contributed by atoms with Crippen molar-refractivity contribution in [2.24, 2.45) is 0 Å². The molecule has 6 nitrogen and oxygen atoms in total.